The number of rotatable bonds is 6. The molecule has 1 aliphatic rings. The van der Waals surface area contributed by atoms with Crippen LogP contribution in [0.15, 0.2) is 18.2 Å². The summed E-state index contributed by atoms with van der Waals surface area (Å²) >= 11 is 5.72. The first-order chi connectivity index (χ1) is 10.7. The Morgan fingerprint density at radius 3 is 2.52 bits per heavy atom. The van der Waals surface area contributed by atoms with E-state index in [1.807, 2.05) is 0 Å². The Bertz CT molecular complexity index is 539. The van der Waals surface area contributed by atoms with Gasteiger partial charge in [-0.1, -0.05) is 11.6 Å². The molecule has 0 unspecified atom stereocenters. The van der Waals surface area contributed by atoms with Gasteiger partial charge in [0.15, 0.2) is 0 Å². The number of carbonyl (C=O) groups is 1. The second-order valence-electron chi connectivity index (χ2n) is 5.71. The Balaban J connectivity index is 1.66. The molecule has 0 atom stereocenters. The van der Waals surface area contributed by atoms with E-state index in [-0.39, 0.29) is 36.0 Å². The van der Waals surface area contributed by atoms with E-state index in [0.29, 0.717) is 18.4 Å². The minimum atomic E-state index is -4.16. The number of hydrogen-bond donors (Lipinski definition) is 2. The third-order valence-electron chi connectivity index (χ3n) is 3.63. The van der Waals surface area contributed by atoms with Crippen molar-refractivity contribution in [1.82, 2.24) is 10.6 Å². The first-order valence-electron chi connectivity index (χ1n) is 7.26. The predicted octanol–water partition coefficient (Wildman–Crippen LogP) is 3.21. The van der Waals surface area contributed by atoms with E-state index in [9.17, 15) is 22.4 Å². The zero-order chi connectivity index (χ0) is 17.0. The van der Waals surface area contributed by atoms with Crippen LogP contribution in [0.3, 0.4) is 0 Å². The van der Waals surface area contributed by atoms with E-state index in [1.165, 1.54) is 12.1 Å². The fraction of sp³-hybridized carbons (Fsp3) is 0.533. The van der Waals surface area contributed by atoms with E-state index >= 15 is 0 Å². The van der Waals surface area contributed by atoms with Crippen molar-refractivity contribution in [3.8, 4) is 0 Å². The molecule has 0 bridgehead atoms. The third kappa shape index (κ3) is 6.35. The second kappa shape index (κ2) is 7.49. The van der Waals surface area contributed by atoms with Crippen LogP contribution in [-0.2, 0) is 11.2 Å². The summed E-state index contributed by atoms with van der Waals surface area (Å²) in [5, 5.41) is 5.81. The van der Waals surface area contributed by atoms with Crippen molar-refractivity contribution in [1.29, 1.82) is 0 Å². The highest BCUT2D eigenvalue weighted by Gasteiger charge is 2.32. The average molecular weight is 353 g/mol. The molecule has 1 fully saturated rings. The number of nitrogens with one attached hydrogen (secondary N) is 2. The van der Waals surface area contributed by atoms with Crippen LogP contribution < -0.4 is 10.6 Å². The largest absolute Gasteiger partial charge is 0.390 e. The summed E-state index contributed by atoms with van der Waals surface area (Å²) in [6, 6.07) is 3.85. The van der Waals surface area contributed by atoms with Crippen LogP contribution in [0.5, 0.6) is 0 Å². The molecular weight excluding hydrogens is 336 g/mol. The monoisotopic (exact) mass is 352 g/mol. The van der Waals surface area contributed by atoms with Gasteiger partial charge in [0.2, 0.25) is 5.91 Å². The van der Waals surface area contributed by atoms with Gasteiger partial charge in [0, 0.05) is 23.7 Å². The van der Waals surface area contributed by atoms with Crippen molar-refractivity contribution in [2.75, 3.05) is 6.54 Å². The molecule has 1 aromatic carbocycles. The molecule has 8 heteroatoms. The quantitative estimate of drug-likeness (QED) is 0.772. The van der Waals surface area contributed by atoms with Gasteiger partial charge in [-0.3, -0.25) is 4.79 Å². The van der Waals surface area contributed by atoms with Crippen LogP contribution in [0, 0.1) is 5.82 Å². The zero-order valence-corrected chi connectivity index (χ0v) is 13.0. The molecule has 0 radical (unpaired) electrons. The van der Waals surface area contributed by atoms with Crippen LogP contribution in [-0.4, -0.2) is 30.7 Å². The van der Waals surface area contributed by atoms with Crippen molar-refractivity contribution in [3.05, 3.63) is 34.6 Å². The molecule has 0 saturated heterocycles. The van der Waals surface area contributed by atoms with Crippen LogP contribution in [0.2, 0.25) is 5.02 Å². The fourth-order valence-corrected chi connectivity index (χ4v) is 2.74. The molecule has 0 spiro atoms. The number of hydrogen-bond acceptors (Lipinski definition) is 2. The Hall–Kier alpha value is -1.34. The minimum Gasteiger partial charge on any atom is -0.353 e. The smallest absolute Gasteiger partial charge is 0.353 e. The van der Waals surface area contributed by atoms with Crippen LogP contribution in [0.1, 0.15) is 24.8 Å². The molecule has 128 valence electrons. The molecule has 3 nitrogen and oxygen atoms in total. The zero-order valence-electron chi connectivity index (χ0n) is 12.2. The molecular formula is C15H17ClF4N2O. The highest BCUT2D eigenvalue weighted by Crippen LogP contribution is 2.22. The molecule has 0 aromatic heterocycles. The number of halogens is 5. The van der Waals surface area contributed by atoms with Gasteiger partial charge in [0.25, 0.3) is 0 Å². The standard InChI is InChI=1S/C15H17ClF4N2O/c16-10-3-9(4-11(17)6-10)5-14(23)22-13-7-12(8-13)21-2-1-15(18,19)20/h3-4,6,12-13,21H,1-2,5,7-8H2,(H,22,23). The summed E-state index contributed by atoms with van der Waals surface area (Å²) in [5.41, 5.74) is 0.478. The Morgan fingerprint density at radius 1 is 1.22 bits per heavy atom. The van der Waals surface area contributed by atoms with E-state index in [2.05, 4.69) is 10.6 Å². The van der Waals surface area contributed by atoms with Gasteiger partial charge in [0.1, 0.15) is 5.82 Å². The molecule has 1 amide bonds. The van der Waals surface area contributed by atoms with E-state index < -0.39 is 18.4 Å². The van der Waals surface area contributed by atoms with Crippen molar-refractivity contribution >= 4 is 17.5 Å². The first kappa shape index (κ1) is 18.0. The minimum absolute atomic E-state index is 0.00809. The molecule has 1 aromatic rings. The number of carbonyl (C=O) groups excluding carboxylic acids is 1. The maximum absolute atomic E-state index is 13.2. The average Bonchev–Trinajstić information content (AvgIpc) is 2.32. The lowest BCUT2D eigenvalue weighted by Crippen LogP contribution is -2.53. The second-order valence-corrected chi connectivity index (χ2v) is 6.14. The van der Waals surface area contributed by atoms with Gasteiger partial charge in [-0.15, -0.1) is 0 Å². The summed E-state index contributed by atoms with van der Waals surface area (Å²) in [7, 11) is 0. The third-order valence-corrected chi connectivity index (χ3v) is 3.85. The first-order valence-corrected chi connectivity index (χ1v) is 7.63. The van der Waals surface area contributed by atoms with Crippen molar-refractivity contribution in [2.45, 2.75) is 43.9 Å². The van der Waals surface area contributed by atoms with Gasteiger partial charge in [-0.2, -0.15) is 13.2 Å². The fourth-order valence-electron chi connectivity index (χ4n) is 2.50. The van der Waals surface area contributed by atoms with Crippen molar-refractivity contribution in [2.24, 2.45) is 0 Å². The van der Waals surface area contributed by atoms with Gasteiger partial charge >= 0.3 is 6.18 Å². The van der Waals surface area contributed by atoms with Crippen LogP contribution in [0.25, 0.3) is 0 Å². The number of amides is 1. The Labute approximate surface area is 136 Å². The number of benzene rings is 1. The van der Waals surface area contributed by atoms with Crippen molar-refractivity contribution in [3.63, 3.8) is 0 Å². The summed E-state index contributed by atoms with van der Waals surface area (Å²) in [5.74, 6) is -0.761. The molecule has 1 aliphatic carbocycles. The van der Waals surface area contributed by atoms with Gasteiger partial charge in [-0.25, -0.2) is 4.39 Å². The van der Waals surface area contributed by atoms with Crippen LogP contribution >= 0.6 is 11.6 Å². The van der Waals surface area contributed by atoms with Gasteiger partial charge in [-0.05, 0) is 36.6 Å². The van der Waals surface area contributed by atoms with E-state index in [4.69, 9.17) is 11.6 Å². The van der Waals surface area contributed by atoms with Gasteiger partial charge < -0.3 is 10.6 Å². The van der Waals surface area contributed by atoms with Crippen molar-refractivity contribution < 1.29 is 22.4 Å². The molecule has 2 N–H and O–H groups in total. The van der Waals surface area contributed by atoms with Gasteiger partial charge in [0.05, 0.1) is 12.8 Å². The Morgan fingerprint density at radius 2 is 1.91 bits per heavy atom. The highest BCUT2D eigenvalue weighted by molar-refractivity contribution is 6.30. The summed E-state index contributed by atoms with van der Waals surface area (Å²) < 4.78 is 49.2. The Kier molecular flexibility index (Phi) is 5.86. The maximum Gasteiger partial charge on any atom is 0.390 e. The highest BCUT2D eigenvalue weighted by atomic mass is 35.5. The molecule has 23 heavy (non-hydrogen) atoms. The predicted molar refractivity (Wildman–Crippen MR) is 78.7 cm³/mol. The molecule has 0 aliphatic heterocycles. The lowest BCUT2D eigenvalue weighted by molar-refractivity contribution is -0.133. The molecule has 0 heterocycles. The van der Waals surface area contributed by atoms with E-state index in [1.54, 1.807) is 0 Å². The topological polar surface area (TPSA) is 41.1 Å². The molecule has 2 rings (SSSR count). The molecule has 1 saturated carbocycles. The van der Waals surface area contributed by atoms with Crippen LogP contribution in [0.4, 0.5) is 17.6 Å². The summed E-state index contributed by atoms with van der Waals surface area (Å²) in [4.78, 5) is 11.8. The normalized spacial score (nSPS) is 20.9. The summed E-state index contributed by atoms with van der Waals surface area (Å²) in [6.45, 7) is -0.114. The lowest BCUT2D eigenvalue weighted by Gasteiger charge is -2.36. The number of alkyl halides is 3. The summed E-state index contributed by atoms with van der Waals surface area (Å²) in [6.07, 6.45) is -3.82. The van der Waals surface area contributed by atoms with E-state index in [0.717, 1.165) is 6.07 Å². The SMILES string of the molecule is O=C(Cc1cc(F)cc(Cl)c1)NC1CC(NCCC(F)(F)F)C1. The lowest BCUT2D eigenvalue weighted by atomic mass is 9.86. The maximum atomic E-state index is 13.2.